The van der Waals surface area contributed by atoms with Gasteiger partial charge in [0.25, 0.3) is 0 Å². The number of nitrogens with two attached hydrogens (primary N) is 1. The molecule has 3 saturated heterocycles. The summed E-state index contributed by atoms with van der Waals surface area (Å²) in [5, 5.41) is 2.46. The van der Waals surface area contributed by atoms with Gasteiger partial charge in [-0.2, -0.15) is 0 Å². The Hall–Kier alpha value is -0.940. The van der Waals surface area contributed by atoms with Crippen molar-refractivity contribution >= 4 is 11.8 Å². The van der Waals surface area contributed by atoms with E-state index in [1.54, 1.807) is 0 Å². The third kappa shape index (κ3) is 1.87. The van der Waals surface area contributed by atoms with Gasteiger partial charge in [0, 0.05) is 24.5 Å². The molecule has 3 N–H and O–H groups in total. The zero-order chi connectivity index (χ0) is 12.0. The van der Waals surface area contributed by atoms with E-state index < -0.39 is 0 Å². The molecule has 3 heterocycles. The maximum Gasteiger partial charge on any atom is 0.243 e. The summed E-state index contributed by atoms with van der Waals surface area (Å²) in [6.07, 6.45) is 5.43. The molecule has 0 aromatic heterocycles. The second-order valence-electron chi connectivity index (χ2n) is 5.53. The maximum absolute atomic E-state index is 11.9. The van der Waals surface area contributed by atoms with Crippen molar-refractivity contribution in [2.24, 2.45) is 5.73 Å². The fraction of sp³-hybridized carbons (Fsp3) is 0.833. The van der Waals surface area contributed by atoms with Crippen LogP contribution in [0.5, 0.6) is 0 Å². The van der Waals surface area contributed by atoms with Gasteiger partial charge in [0.1, 0.15) is 0 Å². The molecule has 0 saturated carbocycles. The van der Waals surface area contributed by atoms with Gasteiger partial charge in [0.15, 0.2) is 0 Å². The van der Waals surface area contributed by atoms with Crippen LogP contribution in [0.1, 0.15) is 38.5 Å². The number of nitrogens with one attached hydrogen (secondary N) is 1. The largest absolute Gasteiger partial charge is 0.328 e. The van der Waals surface area contributed by atoms with Crippen LogP contribution in [0.25, 0.3) is 0 Å². The number of amides is 2. The Morgan fingerprint density at radius 1 is 1.12 bits per heavy atom. The van der Waals surface area contributed by atoms with Crippen molar-refractivity contribution < 1.29 is 9.59 Å². The Kier molecular flexibility index (Phi) is 2.67. The van der Waals surface area contributed by atoms with Crippen molar-refractivity contribution in [1.82, 2.24) is 10.2 Å². The summed E-state index contributed by atoms with van der Waals surface area (Å²) in [7, 11) is 0. The molecule has 0 radical (unpaired) electrons. The fourth-order valence-corrected chi connectivity index (χ4v) is 3.73. The molecular formula is C12H19N3O2. The van der Waals surface area contributed by atoms with Gasteiger partial charge in [-0.1, -0.05) is 0 Å². The van der Waals surface area contributed by atoms with E-state index >= 15 is 0 Å². The normalized spacial score (nSPS) is 42.6. The average molecular weight is 237 g/mol. The van der Waals surface area contributed by atoms with Crippen LogP contribution >= 0.6 is 0 Å². The van der Waals surface area contributed by atoms with Gasteiger partial charge in [-0.05, 0) is 32.1 Å². The van der Waals surface area contributed by atoms with Crippen LogP contribution < -0.4 is 11.1 Å². The molecule has 5 heteroatoms. The highest BCUT2D eigenvalue weighted by atomic mass is 16.2. The lowest BCUT2D eigenvalue weighted by Gasteiger charge is -2.43. The second kappa shape index (κ2) is 4.07. The molecule has 3 aliphatic heterocycles. The number of piperidine rings is 2. The third-order valence-corrected chi connectivity index (χ3v) is 4.40. The van der Waals surface area contributed by atoms with Gasteiger partial charge in [0.2, 0.25) is 11.8 Å². The van der Waals surface area contributed by atoms with Gasteiger partial charge in [-0.15, -0.1) is 0 Å². The van der Waals surface area contributed by atoms with Crippen LogP contribution in [0, 0.1) is 0 Å². The van der Waals surface area contributed by atoms with Gasteiger partial charge >= 0.3 is 0 Å². The minimum Gasteiger partial charge on any atom is -0.328 e. The van der Waals surface area contributed by atoms with Crippen LogP contribution in [0.3, 0.4) is 0 Å². The second-order valence-corrected chi connectivity index (χ2v) is 5.53. The van der Waals surface area contributed by atoms with Crippen LogP contribution in [0.2, 0.25) is 0 Å². The maximum atomic E-state index is 11.9. The summed E-state index contributed by atoms with van der Waals surface area (Å²) in [6.45, 7) is 0. The first-order valence-corrected chi connectivity index (χ1v) is 6.52. The molecule has 3 rings (SSSR count). The Bertz CT molecular complexity index is 344. The first kappa shape index (κ1) is 11.2. The van der Waals surface area contributed by atoms with Crippen molar-refractivity contribution in [2.45, 2.75) is 62.7 Å². The molecule has 3 atom stereocenters. The number of rotatable bonds is 1. The molecule has 3 unspecified atom stereocenters. The smallest absolute Gasteiger partial charge is 0.243 e. The molecule has 0 aliphatic carbocycles. The highest BCUT2D eigenvalue weighted by Crippen LogP contribution is 2.38. The SMILES string of the molecule is NC1CC2CCC(C1)N2C1CCC(=O)NC1=O. The minimum absolute atomic E-state index is 0.0994. The standard InChI is InChI=1S/C12H19N3O2/c13-7-5-8-1-2-9(6-7)15(8)10-3-4-11(16)14-12(10)17/h7-10H,1-6,13H2,(H,14,16,17). The Balaban J connectivity index is 1.76. The zero-order valence-corrected chi connectivity index (χ0v) is 9.89. The monoisotopic (exact) mass is 237 g/mol. The molecule has 0 aromatic rings. The van der Waals surface area contributed by atoms with Crippen LogP contribution in [0.15, 0.2) is 0 Å². The van der Waals surface area contributed by atoms with E-state index in [1.807, 2.05) is 0 Å². The van der Waals surface area contributed by atoms with Crippen molar-refractivity contribution in [2.75, 3.05) is 0 Å². The summed E-state index contributed by atoms with van der Waals surface area (Å²) < 4.78 is 0. The van der Waals surface area contributed by atoms with E-state index in [0.29, 0.717) is 24.9 Å². The van der Waals surface area contributed by atoms with Gasteiger partial charge in [0.05, 0.1) is 6.04 Å². The van der Waals surface area contributed by atoms with Crippen molar-refractivity contribution in [3.8, 4) is 0 Å². The third-order valence-electron chi connectivity index (χ3n) is 4.40. The molecule has 3 aliphatic rings. The first-order chi connectivity index (χ1) is 8.15. The number of hydrogen-bond donors (Lipinski definition) is 2. The summed E-state index contributed by atoms with van der Waals surface area (Å²) >= 11 is 0. The Morgan fingerprint density at radius 2 is 1.76 bits per heavy atom. The molecule has 2 bridgehead atoms. The molecule has 2 amide bonds. The van der Waals surface area contributed by atoms with E-state index in [-0.39, 0.29) is 23.9 Å². The van der Waals surface area contributed by atoms with E-state index in [9.17, 15) is 9.59 Å². The van der Waals surface area contributed by atoms with E-state index in [1.165, 1.54) is 0 Å². The zero-order valence-electron chi connectivity index (χ0n) is 9.89. The molecule has 0 aromatic carbocycles. The number of carbonyl (C=O) groups excluding carboxylic acids is 2. The Labute approximate surface area is 101 Å². The number of hydrogen-bond acceptors (Lipinski definition) is 4. The van der Waals surface area contributed by atoms with E-state index in [2.05, 4.69) is 10.2 Å². The molecule has 5 nitrogen and oxygen atoms in total. The number of carbonyl (C=O) groups is 2. The summed E-state index contributed by atoms with van der Waals surface area (Å²) in [4.78, 5) is 25.4. The first-order valence-electron chi connectivity index (χ1n) is 6.52. The number of nitrogens with zero attached hydrogens (tertiary/aromatic N) is 1. The lowest BCUT2D eigenvalue weighted by Crippen LogP contribution is -2.59. The summed E-state index contributed by atoms with van der Waals surface area (Å²) in [5.74, 6) is -0.235. The highest BCUT2D eigenvalue weighted by Gasteiger charge is 2.46. The Morgan fingerprint density at radius 3 is 2.35 bits per heavy atom. The average Bonchev–Trinajstić information content (AvgIpc) is 2.53. The van der Waals surface area contributed by atoms with Gasteiger partial charge < -0.3 is 5.73 Å². The molecular weight excluding hydrogens is 218 g/mol. The van der Waals surface area contributed by atoms with Crippen LogP contribution in [-0.2, 0) is 9.59 Å². The number of imide groups is 1. The van der Waals surface area contributed by atoms with Crippen LogP contribution in [-0.4, -0.2) is 40.9 Å². The molecule has 94 valence electrons. The molecule has 3 fully saturated rings. The highest BCUT2D eigenvalue weighted by molar-refractivity contribution is 6.00. The fourth-order valence-electron chi connectivity index (χ4n) is 3.73. The van der Waals surface area contributed by atoms with E-state index in [0.717, 1.165) is 25.7 Å². The molecule has 17 heavy (non-hydrogen) atoms. The predicted molar refractivity (Wildman–Crippen MR) is 62.0 cm³/mol. The van der Waals surface area contributed by atoms with Crippen molar-refractivity contribution in [3.05, 3.63) is 0 Å². The summed E-state index contributed by atoms with van der Waals surface area (Å²) in [6, 6.07) is 1.09. The van der Waals surface area contributed by atoms with Crippen LogP contribution in [0.4, 0.5) is 0 Å². The van der Waals surface area contributed by atoms with Gasteiger partial charge in [-0.3, -0.25) is 19.8 Å². The van der Waals surface area contributed by atoms with E-state index in [4.69, 9.17) is 5.73 Å². The van der Waals surface area contributed by atoms with Crippen molar-refractivity contribution in [1.29, 1.82) is 0 Å². The minimum atomic E-state index is -0.132. The molecule has 0 spiro atoms. The lowest BCUT2D eigenvalue weighted by molar-refractivity contribution is -0.139. The number of fused-ring (bicyclic) bond motifs is 2. The summed E-state index contributed by atoms with van der Waals surface area (Å²) in [5.41, 5.74) is 6.02. The topological polar surface area (TPSA) is 75.4 Å². The predicted octanol–water partition coefficient (Wildman–Crippen LogP) is -0.254. The quantitative estimate of drug-likeness (QED) is 0.616. The van der Waals surface area contributed by atoms with Gasteiger partial charge in [-0.25, -0.2) is 0 Å². The lowest BCUT2D eigenvalue weighted by atomic mass is 9.93. The van der Waals surface area contributed by atoms with Crippen molar-refractivity contribution in [3.63, 3.8) is 0 Å².